The smallest absolute Gasteiger partial charge is 0.310 e. The number of carboxylic acids is 1. The normalized spacial score (nSPS) is 12.0. The van der Waals surface area contributed by atoms with E-state index in [0.717, 1.165) is 18.7 Å². The highest BCUT2D eigenvalue weighted by atomic mass is 16.4. The summed E-state index contributed by atoms with van der Waals surface area (Å²) in [5, 5.41) is 16.3. The van der Waals surface area contributed by atoms with Crippen LogP contribution in [0.2, 0.25) is 0 Å². The predicted molar refractivity (Wildman–Crippen MR) is 92.4 cm³/mol. The molecule has 0 fully saturated rings. The minimum absolute atomic E-state index is 0.202. The molecule has 1 amide bonds. The molecule has 1 aromatic carbocycles. The summed E-state index contributed by atoms with van der Waals surface area (Å²) in [6, 6.07) is 6.87. The molecule has 1 unspecified atom stereocenters. The van der Waals surface area contributed by atoms with Crippen molar-refractivity contribution in [2.45, 2.75) is 46.6 Å². The van der Waals surface area contributed by atoms with Crippen LogP contribution in [0.5, 0.6) is 0 Å². The third-order valence-electron chi connectivity index (χ3n) is 4.08. The second-order valence-corrected chi connectivity index (χ2v) is 5.91. The van der Waals surface area contributed by atoms with E-state index in [1.165, 1.54) is 0 Å². The van der Waals surface area contributed by atoms with Crippen LogP contribution < -0.4 is 5.32 Å². The molecule has 2 aromatic rings. The van der Waals surface area contributed by atoms with E-state index in [4.69, 9.17) is 5.11 Å². The Morgan fingerprint density at radius 3 is 2.42 bits per heavy atom. The molecule has 24 heavy (non-hydrogen) atoms. The van der Waals surface area contributed by atoms with Gasteiger partial charge in [0.15, 0.2) is 0 Å². The zero-order chi connectivity index (χ0) is 17.9. The van der Waals surface area contributed by atoms with Gasteiger partial charge in [0.2, 0.25) is 0 Å². The van der Waals surface area contributed by atoms with Crippen LogP contribution in [0.15, 0.2) is 24.3 Å². The molecule has 1 atom stereocenters. The van der Waals surface area contributed by atoms with E-state index in [9.17, 15) is 9.59 Å². The number of aliphatic carboxylic acids is 1. The van der Waals surface area contributed by atoms with Crippen molar-refractivity contribution in [2.24, 2.45) is 0 Å². The van der Waals surface area contributed by atoms with E-state index >= 15 is 0 Å². The largest absolute Gasteiger partial charge is 0.481 e. The zero-order valence-corrected chi connectivity index (χ0v) is 14.5. The van der Waals surface area contributed by atoms with E-state index in [1.54, 1.807) is 31.2 Å². The van der Waals surface area contributed by atoms with Crippen LogP contribution in [0.25, 0.3) is 0 Å². The topological polar surface area (TPSA) is 84.2 Å². The summed E-state index contributed by atoms with van der Waals surface area (Å²) in [6.45, 7) is 8.19. The number of hydrogen-bond donors (Lipinski definition) is 2. The molecule has 2 rings (SSSR count). The number of rotatable bonds is 6. The fourth-order valence-electron chi connectivity index (χ4n) is 2.65. The van der Waals surface area contributed by atoms with Crippen molar-refractivity contribution in [3.63, 3.8) is 0 Å². The number of benzene rings is 1. The Bertz CT molecular complexity index is 748. The maximum absolute atomic E-state index is 12.5. The van der Waals surface area contributed by atoms with Crippen LogP contribution in [0.4, 0.5) is 5.69 Å². The SMILES string of the molecule is CCCn1nc(C)c(C(=O)Nc2ccc(C(C)C(=O)O)cc2)c1C. The second kappa shape index (κ2) is 7.29. The molecular formula is C18H23N3O3. The quantitative estimate of drug-likeness (QED) is 0.851. The first-order chi connectivity index (χ1) is 11.3. The van der Waals surface area contributed by atoms with Crippen molar-refractivity contribution < 1.29 is 14.7 Å². The van der Waals surface area contributed by atoms with E-state index in [1.807, 2.05) is 18.5 Å². The van der Waals surface area contributed by atoms with Crippen molar-refractivity contribution in [1.29, 1.82) is 0 Å². The van der Waals surface area contributed by atoms with E-state index in [-0.39, 0.29) is 5.91 Å². The number of aryl methyl sites for hydroxylation is 2. The Balaban J connectivity index is 2.17. The van der Waals surface area contributed by atoms with Crippen molar-refractivity contribution in [2.75, 3.05) is 5.32 Å². The summed E-state index contributed by atoms with van der Waals surface area (Å²) in [5.74, 6) is -1.65. The summed E-state index contributed by atoms with van der Waals surface area (Å²) in [4.78, 5) is 23.5. The Morgan fingerprint density at radius 1 is 1.25 bits per heavy atom. The molecule has 0 aliphatic heterocycles. The molecular weight excluding hydrogens is 306 g/mol. The lowest BCUT2D eigenvalue weighted by atomic mass is 10.0. The minimum atomic E-state index is -0.874. The molecule has 6 heteroatoms. The highest BCUT2D eigenvalue weighted by molar-refractivity contribution is 6.05. The van der Waals surface area contributed by atoms with Crippen LogP contribution in [0, 0.1) is 13.8 Å². The van der Waals surface area contributed by atoms with E-state index in [2.05, 4.69) is 17.3 Å². The highest BCUT2D eigenvalue weighted by Gasteiger charge is 2.19. The highest BCUT2D eigenvalue weighted by Crippen LogP contribution is 2.20. The van der Waals surface area contributed by atoms with Gasteiger partial charge in [-0.15, -0.1) is 0 Å². The van der Waals surface area contributed by atoms with Crippen molar-refractivity contribution in [3.05, 3.63) is 46.8 Å². The standard InChI is InChI=1S/C18H23N3O3/c1-5-10-21-13(4)16(12(3)20-21)17(22)19-15-8-6-14(7-9-15)11(2)18(23)24/h6-9,11H,5,10H2,1-4H3,(H,19,22)(H,23,24). The number of carbonyl (C=O) groups is 2. The van der Waals surface area contributed by atoms with Gasteiger partial charge in [-0.25, -0.2) is 0 Å². The van der Waals surface area contributed by atoms with Crippen molar-refractivity contribution in [1.82, 2.24) is 9.78 Å². The third-order valence-corrected chi connectivity index (χ3v) is 4.08. The van der Waals surface area contributed by atoms with Crippen molar-refractivity contribution in [3.8, 4) is 0 Å². The van der Waals surface area contributed by atoms with E-state index in [0.29, 0.717) is 22.5 Å². The van der Waals surface area contributed by atoms with Crippen LogP contribution in [0.1, 0.15) is 53.5 Å². The van der Waals surface area contributed by atoms with Gasteiger partial charge in [-0.1, -0.05) is 19.1 Å². The summed E-state index contributed by atoms with van der Waals surface area (Å²) in [5.41, 5.74) is 3.47. The Morgan fingerprint density at radius 2 is 1.88 bits per heavy atom. The Hall–Kier alpha value is -2.63. The van der Waals surface area contributed by atoms with Gasteiger partial charge in [0.1, 0.15) is 0 Å². The lowest BCUT2D eigenvalue weighted by Crippen LogP contribution is -2.14. The number of hydrogen-bond acceptors (Lipinski definition) is 3. The fourth-order valence-corrected chi connectivity index (χ4v) is 2.65. The van der Waals surface area contributed by atoms with Crippen molar-refractivity contribution >= 4 is 17.6 Å². The fraction of sp³-hybridized carbons (Fsp3) is 0.389. The predicted octanol–water partition coefficient (Wildman–Crippen LogP) is 3.35. The summed E-state index contributed by atoms with van der Waals surface area (Å²) in [6.07, 6.45) is 0.951. The monoisotopic (exact) mass is 329 g/mol. The second-order valence-electron chi connectivity index (χ2n) is 5.91. The molecule has 0 aliphatic rings. The van der Waals surface area contributed by atoms with Gasteiger partial charge in [-0.3, -0.25) is 14.3 Å². The molecule has 1 aromatic heterocycles. The first-order valence-electron chi connectivity index (χ1n) is 8.03. The Kier molecular flexibility index (Phi) is 5.39. The molecule has 0 saturated carbocycles. The average Bonchev–Trinajstić information content (AvgIpc) is 2.81. The van der Waals surface area contributed by atoms with Gasteiger partial charge in [0.05, 0.1) is 17.2 Å². The van der Waals surface area contributed by atoms with Crippen LogP contribution >= 0.6 is 0 Å². The number of aromatic nitrogens is 2. The molecule has 0 radical (unpaired) electrons. The van der Waals surface area contributed by atoms with Crippen LogP contribution in [0.3, 0.4) is 0 Å². The zero-order valence-electron chi connectivity index (χ0n) is 14.5. The lowest BCUT2D eigenvalue weighted by Gasteiger charge is -2.09. The number of nitrogens with one attached hydrogen (secondary N) is 1. The minimum Gasteiger partial charge on any atom is -0.481 e. The summed E-state index contributed by atoms with van der Waals surface area (Å²) < 4.78 is 1.85. The summed E-state index contributed by atoms with van der Waals surface area (Å²) >= 11 is 0. The maximum atomic E-state index is 12.5. The average molecular weight is 329 g/mol. The van der Waals surface area contributed by atoms with Gasteiger partial charge in [0, 0.05) is 17.9 Å². The van der Waals surface area contributed by atoms with Gasteiger partial charge >= 0.3 is 5.97 Å². The summed E-state index contributed by atoms with van der Waals surface area (Å²) in [7, 11) is 0. The van der Waals surface area contributed by atoms with Crippen LogP contribution in [-0.2, 0) is 11.3 Å². The lowest BCUT2D eigenvalue weighted by molar-refractivity contribution is -0.138. The number of anilines is 1. The number of amides is 1. The number of carbonyl (C=O) groups excluding carboxylic acids is 1. The molecule has 0 saturated heterocycles. The van der Waals surface area contributed by atoms with Crippen LogP contribution in [-0.4, -0.2) is 26.8 Å². The molecule has 128 valence electrons. The molecule has 0 aliphatic carbocycles. The first-order valence-corrected chi connectivity index (χ1v) is 8.03. The van der Waals surface area contributed by atoms with Gasteiger partial charge < -0.3 is 10.4 Å². The third kappa shape index (κ3) is 3.64. The first kappa shape index (κ1) is 17.7. The molecule has 0 bridgehead atoms. The molecule has 0 spiro atoms. The Labute approximate surface area is 141 Å². The maximum Gasteiger partial charge on any atom is 0.310 e. The van der Waals surface area contributed by atoms with Gasteiger partial charge in [0.25, 0.3) is 5.91 Å². The molecule has 2 N–H and O–H groups in total. The number of nitrogens with zero attached hydrogens (tertiary/aromatic N) is 2. The molecule has 1 heterocycles. The van der Waals surface area contributed by atoms with E-state index < -0.39 is 11.9 Å². The molecule has 6 nitrogen and oxygen atoms in total. The van der Waals surface area contributed by atoms with Gasteiger partial charge in [-0.05, 0) is 44.9 Å². The number of carboxylic acid groups (broad SMARTS) is 1. The van der Waals surface area contributed by atoms with Gasteiger partial charge in [-0.2, -0.15) is 5.10 Å².